The fourth-order valence-electron chi connectivity index (χ4n) is 4.16. The normalized spacial score (nSPS) is 22.3. The van der Waals surface area contributed by atoms with Gasteiger partial charge >= 0.3 is 5.97 Å². The molecule has 7 nitrogen and oxygen atoms in total. The Hall–Kier alpha value is -2.12. The van der Waals surface area contributed by atoms with Crippen LogP contribution in [0.5, 0.6) is 5.75 Å². The molecule has 2 fully saturated rings. The van der Waals surface area contributed by atoms with E-state index in [4.69, 9.17) is 4.74 Å². The molecule has 0 bridgehead atoms. The lowest BCUT2D eigenvalue weighted by molar-refractivity contribution is -0.142. The number of ether oxygens (including phenoxy) is 1. The lowest BCUT2D eigenvalue weighted by Crippen LogP contribution is -2.43. The van der Waals surface area contributed by atoms with Crippen LogP contribution in [0.4, 0.5) is 0 Å². The first-order chi connectivity index (χ1) is 12.5. The van der Waals surface area contributed by atoms with E-state index in [1.165, 1.54) is 0 Å². The Balaban J connectivity index is 1.59. The van der Waals surface area contributed by atoms with E-state index >= 15 is 0 Å². The SMILES string of the molecule is COc1ccccc1CNC(=O)CN1CC2(CCNCC2)CC1C(=O)O. The molecule has 0 radical (unpaired) electrons. The van der Waals surface area contributed by atoms with Crippen LogP contribution in [-0.2, 0) is 16.1 Å². The smallest absolute Gasteiger partial charge is 0.320 e. The van der Waals surface area contributed by atoms with Gasteiger partial charge in [-0.15, -0.1) is 0 Å². The predicted octanol–water partition coefficient (Wildman–Crippen LogP) is 0.840. The van der Waals surface area contributed by atoms with Gasteiger partial charge in [0.25, 0.3) is 0 Å². The maximum Gasteiger partial charge on any atom is 0.320 e. The van der Waals surface area contributed by atoms with Crippen LogP contribution in [0.2, 0.25) is 0 Å². The van der Waals surface area contributed by atoms with Crippen molar-refractivity contribution in [2.75, 3.05) is 33.3 Å². The van der Waals surface area contributed by atoms with E-state index in [9.17, 15) is 14.7 Å². The molecule has 142 valence electrons. The van der Waals surface area contributed by atoms with Crippen LogP contribution in [0, 0.1) is 5.41 Å². The summed E-state index contributed by atoms with van der Waals surface area (Å²) in [6, 6.07) is 6.95. The number of likely N-dealkylation sites (tertiary alicyclic amines) is 1. The molecule has 1 unspecified atom stereocenters. The van der Waals surface area contributed by atoms with Gasteiger partial charge in [0, 0.05) is 18.7 Å². The van der Waals surface area contributed by atoms with E-state index in [1.54, 1.807) is 7.11 Å². The number of carbonyl (C=O) groups excluding carboxylic acids is 1. The molecule has 3 N–H and O–H groups in total. The molecular formula is C19H27N3O4. The predicted molar refractivity (Wildman–Crippen MR) is 97.0 cm³/mol. The average molecular weight is 361 g/mol. The number of aliphatic carboxylic acids is 1. The number of hydrogen-bond acceptors (Lipinski definition) is 5. The highest BCUT2D eigenvalue weighted by atomic mass is 16.5. The molecule has 1 spiro atoms. The molecule has 0 saturated carbocycles. The van der Waals surface area contributed by atoms with Crippen molar-refractivity contribution < 1.29 is 19.4 Å². The van der Waals surface area contributed by atoms with Crippen LogP contribution in [-0.4, -0.2) is 61.2 Å². The standard InChI is InChI=1S/C19H27N3O4/c1-26-16-5-3-2-4-14(16)11-21-17(23)12-22-13-19(6-8-20-9-7-19)10-15(22)18(24)25/h2-5,15,20H,6-13H2,1H3,(H,21,23)(H,24,25). The second-order valence-electron chi connectivity index (χ2n) is 7.30. The highest BCUT2D eigenvalue weighted by Crippen LogP contribution is 2.41. The maximum atomic E-state index is 12.4. The lowest BCUT2D eigenvalue weighted by atomic mass is 9.77. The molecule has 2 heterocycles. The molecule has 2 saturated heterocycles. The second kappa shape index (κ2) is 8.05. The number of carboxylic acids is 1. The first kappa shape index (κ1) is 18.7. The fraction of sp³-hybridized carbons (Fsp3) is 0.579. The highest BCUT2D eigenvalue weighted by Gasteiger charge is 2.47. The number of nitrogens with one attached hydrogen (secondary N) is 2. The summed E-state index contributed by atoms with van der Waals surface area (Å²) in [7, 11) is 1.60. The molecule has 1 aromatic carbocycles. The Morgan fingerprint density at radius 2 is 2.08 bits per heavy atom. The Morgan fingerprint density at radius 3 is 2.77 bits per heavy atom. The Kier molecular flexibility index (Phi) is 5.78. The van der Waals surface area contributed by atoms with Gasteiger partial charge in [-0.3, -0.25) is 14.5 Å². The van der Waals surface area contributed by atoms with Crippen molar-refractivity contribution in [3.63, 3.8) is 0 Å². The lowest BCUT2D eigenvalue weighted by Gasteiger charge is -2.33. The van der Waals surface area contributed by atoms with Gasteiger partial charge < -0.3 is 20.5 Å². The maximum absolute atomic E-state index is 12.4. The van der Waals surface area contributed by atoms with Crippen LogP contribution in [0.1, 0.15) is 24.8 Å². The van der Waals surface area contributed by atoms with E-state index in [0.717, 1.165) is 37.2 Å². The summed E-state index contributed by atoms with van der Waals surface area (Å²) in [6.45, 7) is 2.98. The van der Waals surface area contributed by atoms with Crippen LogP contribution in [0.15, 0.2) is 24.3 Å². The zero-order valence-corrected chi connectivity index (χ0v) is 15.2. The Morgan fingerprint density at radius 1 is 1.35 bits per heavy atom. The molecule has 3 rings (SSSR count). The van der Waals surface area contributed by atoms with Gasteiger partial charge in [-0.1, -0.05) is 18.2 Å². The highest BCUT2D eigenvalue weighted by molar-refractivity contribution is 5.80. The van der Waals surface area contributed by atoms with Crippen molar-refractivity contribution in [1.29, 1.82) is 0 Å². The zero-order valence-electron chi connectivity index (χ0n) is 15.2. The van der Waals surface area contributed by atoms with Crippen LogP contribution in [0.25, 0.3) is 0 Å². The summed E-state index contributed by atoms with van der Waals surface area (Å²) in [6.07, 6.45) is 2.57. The summed E-state index contributed by atoms with van der Waals surface area (Å²) >= 11 is 0. The van der Waals surface area contributed by atoms with Crippen molar-refractivity contribution in [2.45, 2.75) is 31.8 Å². The number of piperidine rings is 1. The summed E-state index contributed by atoms with van der Waals surface area (Å²) in [5.41, 5.74) is 0.923. The number of nitrogens with zero attached hydrogens (tertiary/aromatic N) is 1. The van der Waals surface area contributed by atoms with Crippen molar-refractivity contribution in [1.82, 2.24) is 15.5 Å². The molecule has 26 heavy (non-hydrogen) atoms. The van der Waals surface area contributed by atoms with Gasteiger partial charge in [-0.25, -0.2) is 0 Å². The third kappa shape index (κ3) is 4.16. The van der Waals surface area contributed by atoms with Crippen molar-refractivity contribution in [3.8, 4) is 5.75 Å². The van der Waals surface area contributed by atoms with Gasteiger partial charge in [0.2, 0.25) is 5.91 Å². The summed E-state index contributed by atoms with van der Waals surface area (Å²) < 4.78 is 5.29. The third-order valence-corrected chi connectivity index (χ3v) is 5.57. The van der Waals surface area contributed by atoms with E-state index in [-0.39, 0.29) is 17.9 Å². The van der Waals surface area contributed by atoms with Crippen molar-refractivity contribution in [3.05, 3.63) is 29.8 Å². The van der Waals surface area contributed by atoms with E-state index in [0.29, 0.717) is 19.5 Å². The van der Waals surface area contributed by atoms with Gasteiger partial charge in [0.1, 0.15) is 11.8 Å². The molecule has 7 heteroatoms. The minimum atomic E-state index is -0.835. The van der Waals surface area contributed by atoms with Gasteiger partial charge in [-0.2, -0.15) is 0 Å². The molecular weight excluding hydrogens is 334 g/mol. The van der Waals surface area contributed by atoms with E-state index in [1.807, 2.05) is 29.2 Å². The van der Waals surface area contributed by atoms with Crippen LogP contribution < -0.4 is 15.4 Å². The summed E-state index contributed by atoms with van der Waals surface area (Å²) in [5, 5.41) is 15.8. The van der Waals surface area contributed by atoms with Crippen molar-refractivity contribution >= 4 is 11.9 Å². The quantitative estimate of drug-likeness (QED) is 0.696. The third-order valence-electron chi connectivity index (χ3n) is 5.57. The molecule has 2 aliphatic heterocycles. The molecule has 0 aromatic heterocycles. The summed E-state index contributed by atoms with van der Waals surface area (Å²) in [5.74, 6) is -0.267. The summed E-state index contributed by atoms with van der Waals surface area (Å²) in [4.78, 5) is 25.9. The molecule has 1 atom stereocenters. The van der Waals surface area contributed by atoms with Crippen LogP contribution >= 0.6 is 0 Å². The van der Waals surface area contributed by atoms with Gasteiger partial charge in [-0.05, 0) is 43.8 Å². The zero-order chi connectivity index (χ0) is 18.6. The van der Waals surface area contributed by atoms with E-state index < -0.39 is 12.0 Å². The number of benzene rings is 1. The van der Waals surface area contributed by atoms with Gasteiger partial charge in [0.05, 0.1) is 13.7 Å². The number of amides is 1. The van der Waals surface area contributed by atoms with Crippen molar-refractivity contribution in [2.24, 2.45) is 5.41 Å². The second-order valence-corrected chi connectivity index (χ2v) is 7.30. The largest absolute Gasteiger partial charge is 0.496 e. The fourth-order valence-corrected chi connectivity index (χ4v) is 4.16. The van der Waals surface area contributed by atoms with E-state index in [2.05, 4.69) is 10.6 Å². The average Bonchev–Trinajstić information content (AvgIpc) is 2.98. The van der Waals surface area contributed by atoms with Gasteiger partial charge in [0.15, 0.2) is 0 Å². The number of para-hydroxylation sites is 1. The van der Waals surface area contributed by atoms with Crippen LogP contribution in [0.3, 0.4) is 0 Å². The monoisotopic (exact) mass is 361 g/mol. The Bertz CT molecular complexity index is 658. The Labute approximate surface area is 153 Å². The number of rotatable bonds is 6. The molecule has 1 amide bonds. The minimum Gasteiger partial charge on any atom is -0.496 e. The number of methoxy groups -OCH3 is 1. The number of carboxylic acid groups (broad SMARTS) is 1. The first-order valence-corrected chi connectivity index (χ1v) is 9.09. The minimum absolute atomic E-state index is 0.0250. The molecule has 0 aliphatic carbocycles. The molecule has 1 aromatic rings. The number of carbonyl (C=O) groups is 2. The first-order valence-electron chi connectivity index (χ1n) is 9.09. The molecule has 2 aliphatic rings. The topological polar surface area (TPSA) is 90.9 Å². The number of hydrogen-bond donors (Lipinski definition) is 3.